The Hall–Kier alpha value is -6.12. The van der Waals surface area contributed by atoms with E-state index in [0.717, 1.165) is 30.8 Å². The highest BCUT2D eigenvalue weighted by Crippen LogP contribution is 2.55. The molecule has 5 aliphatic rings. The third kappa shape index (κ3) is 12.3. The number of esters is 1. The Balaban J connectivity index is 0.000000717. The van der Waals surface area contributed by atoms with E-state index in [1.807, 2.05) is 24.1 Å². The van der Waals surface area contributed by atoms with E-state index < -0.39 is 88.8 Å². The Labute approximate surface area is 438 Å². The number of carbonyl (C=O) groups is 3. The predicted molar refractivity (Wildman–Crippen MR) is 286 cm³/mol. The molecule has 5 bridgehead atoms. The lowest BCUT2D eigenvalue weighted by Gasteiger charge is -2.38. The summed E-state index contributed by atoms with van der Waals surface area (Å²) in [5.41, 5.74) is 7.07. The summed E-state index contributed by atoms with van der Waals surface area (Å²) in [7, 11) is 1.44. The van der Waals surface area contributed by atoms with Gasteiger partial charge in [-0.15, -0.1) is 0 Å². The van der Waals surface area contributed by atoms with Crippen molar-refractivity contribution in [3.8, 4) is 23.0 Å². The van der Waals surface area contributed by atoms with Crippen LogP contribution in [0, 0.1) is 30.6 Å². The van der Waals surface area contributed by atoms with Crippen molar-refractivity contribution in [3.05, 3.63) is 82.4 Å². The van der Waals surface area contributed by atoms with Crippen LogP contribution in [0.2, 0.25) is 0 Å². The fraction of sp³-hybridized carbons (Fsp3) is 0.527. The minimum Gasteiger partial charge on any atom is -0.507 e. The molecular formula is C55H74N6O12S. The first-order chi connectivity index (χ1) is 35.0. The van der Waals surface area contributed by atoms with Crippen LogP contribution in [-0.4, -0.2) is 139 Å². The van der Waals surface area contributed by atoms with Gasteiger partial charge in [-0.25, -0.2) is 0 Å². The van der Waals surface area contributed by atoms with Gasteiger partial charge in [-0.1, -0.05) is 77.9 Å². The van der Waals surface area contributed by atoms with Gasteiger partial charge in [0.1, 0.15) is 28.3 Å². The van der Waals surface area contributed by atoms with Crippen LogP contribution in [0.4, 0.5) is 5.69 Å². The molecule has 1 aliphatic carbocycles. The van der Waals surface area contributed by atoms with Crippen molar-refractivity contribution in [2.45, 2.75) is 131 Å². The maximum atomic E-state index is 14.5. The van der Waals surface area contributed by atoms with Crippen molar-refractivity contribution < 1.29 is 58.9 Å². The number of aromatic nitrogens is 1. The third-order valence-electron chi connectivity index (χ3n) is 15.0. The molecule has 0 spiro atoms. The van der Waals surface area contributed by atoms with Crippen molar-refractivity contribution in [2.24, 2.45) is 34.5 Å². The maximum Gasteiger partial charge on any atom is 0.312 e. The van der Waals surface area contributed by atoms with Crippen LogP contribution in [-0.2, 0) is 30.2 Å². The molecule has 74 heavy (non-hydrogen) atoms. The summed E-state index contributed by atoms with van der Waals surface area (Å²) in [4.78, 5) is 47.8. The number of aliphatic hydroxyl groups is 2. The molecule has 2 aromatic carbocycles. The molecule has 5 heterocycles. The number of piperazine rings is 1. The Morgan fingerprint density at radius 2 is 1.66 bits per heavy atom. The second-order valence-corrected chi connectivity index (χ2v) is 20.5. The second kappa shape index (κ2) is 24.5. The number of benzene rings is 2. The monoisotopic (exact) mass is 1040 g/mol. The number of allylic oxidation sites excluding steroid dienone is 2. The first kappa shape index (κ1) is 57.2. The summed E-state index contributed by atoms with van der Waals surface area (Å²) in [5, 5.41) is 67.6. The summed E-state index contributed by atoms with van der Waals surface area (Å²) in [6.45, 7) is 17.4. The largest absolute Gasteiger partial charge is 0.507 e. The summed E-state index contributed by atoms with van der Waals surface area (Å²) in [6.07, 6.45) is 12.4. The van der Waals surface area contributed by atoms with E-state index in [0.29, 0.717) is 24.1 Å². The number of hydrogen-bond donors (Lipinski definition) is 7. The molecule has 1 saturated heterocycles. The number of hydrazone groups is 1. The van der Waals surface area contributed by atoms with Crippen LogP contribution in [0.3, 0.4) is 0 Å². The number of ether oxygens (including phenoxy) is 4. The number of aromatic hydroxyl groups is 3. The van der Waals surface area contributed by atoms with Crippen LogP contribution in [0.15, 0.2) is 59.6 Å². The van der Waals surface area contributed by atoms with Gasteiger partial charge in [0.05, 0.1) is 53.0 Å². The first-order valence-electron chi connectivity index (χ1n) is 25.4. The van der Waals surface area contributed by atoms with Gasteiger partial charge >= 0.3 is 11.8 Å². The second-order valence-electron chi connectivity index (χ2n) is 20.0. The van der Waals surface area contributed by atoms with E-state index in [1.165, 1.54) is 85.1 Å². The molecule has 2 fully saturated rings. The summed E-state index contributed by atoms with van der Waals surface area (Å²) in [6, 6.07) is 4.29. The number of nitrogens with zero attached hydrogens (tertiary/aromatic N) is 4. The number of amides is 1. The number of nitrogens with two attached hydrogens (primary N) is 1. The predicted octanol–water partition coefficient (Wildman–Crippen LogP) is 6.93. The number of phenolic OH excluding ortho intramolecular Hbond substituents is 3. The first-order valence-corrected chi connectivity index (χ1v) is 25.8. The molecule has 4 aliphatic heterocycles. The quantitative estimate of drug-likeness (QED) is 0.0416. The zero-order valence-corrected chi connectivity index (χ0v) is 44.9. The lowest BCUT2D eigenvalue weighted by molar-refractivity contribution is -0.160. The van der Waals surface area contributed by atoms with E-state index in [2.05, 4.69) is 20.3 Å². The average molecular weight is 1040 g/mol. The van der Waals surface area contributed by atoms with Gasteiger partial charge in [-0.05, 0) is 51.3 Å². The number of pyridine rings is 1. The van der Waals surface area contributed by atoms with Gasteiger partial charge in [0, 0.05) is 111 Å². The number of methoxy groups -OCH3 is 1. The van der Waals surface area contributed by atoms with Crippen LogP contribution in [0.1, 0.15) is 114 Å². The van der Waals surface area contributed by atoms with Crippen LogP contribution in [0.5, 0.6) is 23.0 Å². The molecule has 19 heteroatoms. The SMILES string of the molecule is CCc1cc(C(N)=S)ccn1.CO[C@H]1/C=C/O[C@@]2(C)Oc3c(C)c(O)c4c(O)c(c(/C=N/N5CCN(C6CCCC6)CC5)c(O)c4c3C2=O)NC(=O)/C(C)=C\C=C\[C@H](C)[C@H](O)[C@@H](C)[C@@H](O)[C@@H](C)[C@H](OC(C)=O)[C@@H]1C. The molecule has 3 aromatic rings. The Morgan fingerprint density at radius 3 is 2.28 bits per heavy atom. The molecule has 0 radical (unpaired) electrons. The van der Waals surface area contributed by atoms with Crippen LogP contribution < -0.4 is 15.8 Å². The van der Waals surface area contributed by atoms with Crippen molar-refractivity contribution in [3.63, 3.8) is 0 Å². The number of aliphatic hydroxyl groups excluding tert-OH is 2. The molecule has 8 N–H and O–H groups in total. The van der Waals surface area contributed by atoms with Crippen LogP contribution in [0.25, 0.3) is 10.8 Å². The van der Waals surface area contributed by atoms with Gasteiger partial charge in [-0.3, -0.25) is 29.3 Å². The number of thiocarbonyl (C=S) groups is 1. The highest BCUT2D eigenvalue weighted by molar-refractivity contribution is 7.80. The minimum absolute atomic E-state index is 0.0631. The number of ketones is 1. The minimum atomic E-state index is -2.04. The van der Waals surface area contributed by atoms with Gasteiger partial charge < -0.3 is 55.5 Å². The Bertz CT molecular complexity index is 2700. The smallest absolute Gasteiger partial charge is 0.312 e. The number of hydrogen-bond acceptors (Lipinski definition) is 17. The Kier molecular flexibility index (Phi) is 18.9. The highest BCUT2D eigenvalue weighted by Gasteiger charge is 2.50. The lowest BCUT2D eigenvalue weighted by atomic mass is 9.78. The van der Waals surface area contributed by atoms with E-state index in [9.17, 15) is 39.9 Å². The molecule has 0 unspecified atom stereocenters. The summed E-state index contributed by atoms with van der Waals surface area (Å²) >= 11 is 4.82. The van der Waals surface area contributed by atoms with Gasteiger partial charge in [0.25, 0.3) is 11.7 Å². The van der Waals surface area contributed by atoms with Crippen molar-refractivity contribution in [1.82, 2.24) is 14.9 Å². The zero-order valence-electron chi connectivity index (χ0n) is 44.1. The fourth-order valence-electron chi connectivity index (χ4n) is 10.3. The maximum absolute atomic E-state index is 14.5. The van der Waals surface area contributed by atoms with Gasteiger partial charge in [-0.2, -0.15) is 5.10 Å². The number of aryl methyl sites for hydroxylation is 1. The van der Waals surface area contributed by atoms with E-state index >= 15 is 0 Å². The fourth-order valence-corrected chi connectivity index (χ4v) is 10.4. The third-order valence-corrected chi connectivity index (χ3v) is 15.2. The van der Waals surface area contributed by atoms with Crippen molar-refractivity contribution in [2.75, 3.05) is 38.6 Å². The number of rotatable bonds is 7. The van der Waals surface area contributed by atoms with Crippen molar-refractivity contribution >= 4 is 57.5 Å². The van der Waals surface area contributed by atoms with Gasteiger partial charge in [0.15, 0.2) is 5.75 Å². The molecule has 8 rings (SSSR count). The molecule has 9 atom stereocenters. The molecule has 1 amide bonds. The van der Waals surface area contributed by atoms with Crippen molar-refractivity contribution in [1.29, 1.82) is 0 Å². The number of carbonyl (C=O) groups excluding carboxylic acids is 3. The molecule has 402 valence electrons. The number of Topliss-reactive ketones (excluding diaryl/α,β-unsaturated/α-hetero) is 1. The molecule has 18 nitrogen and oxygen atoms in total. The van der Waals surface area contributed by atoms with E-state index in [4.69, 9.17) is 36.9 Å². The van der Waals surface area contributed by atoms with E-state index in [-0.39, 0.29) is 44.5 Å². The zero-order chi connectivity index (χ0) is 54.3. The Morgan fingerprint density at radius 1 is 0.986 bits per heavy atom. The van der Waals surface area contributed by atoms with Gasteiger partial charge in [0.2, 0.25) is 0 Å². The summed E-state index contributed by atoms with van der Waals surface area (Å²) < 4.78 is 23.7. The number of nitrogens with one attached hydrogen (secondary N) is 1. The van der Waals surface area contributed by atoms with Crippen LogP contribution >= 0.6 is 12.2 Å². The average Bonchev–Trinajstić information content (AvgIpc) is 4.02. The molecular weight excluding hydrogens is 969 g/mol. The molecule has 1 aromatic heterocycles. The standard InChI is InChI=1S/C47H64N4O12.C8H10N2S/c1-24-13-12-14-25(2)46(59)49-37-32(23-48-51-20-18-50(19-21-51)31-15-10-11-16-31)41(56)34-35(42(37)57)40(55)29(6)44-36(34)45(58)47(8,63-44)61-22-17-33(60-9)26(3)43(62-30(7)52)28(5)39(54)27(4)38(24)53;1-2-7-5-6(8(9)11)3-4-10-7/h12-14,17,22-24,26-28,31,33,38-39,43,53-57H,10-11,15-16,18-21H2,1-9H3,(H,49,59);3-5H,2H2,1H3,(H2,9,11)/b13-12+,22-17+,25-14-,48-23+;/t24-,26+,27+,28+,33-,38-,39+,43+,47-;/m0./s1. The normalized spacial score (nSPS) is 29.0. The summed E-state index contributed by atoms with van der Waals surface area (Å²) in [5.74, 6) is -8.28. The lowest BCUT2D eigenvalue weighted by Crippen LogP contribution is -2.47. The number of phenols is 3. The number of fused-ring (bicyclic) bond motifs is 14. The highest BCUT2D eigenvalue weighted by atomic mass is 32.1. The van der Waals surface area contributed by atoms with E-state index in [1.54, 1.807) is 46.0 Å². The molecule has 1 saturated carbocycles. The topological polar surface area (TPSA) is 259 Å². The number of anilines is 1.